The van der Waals surface area contributed by atoms with E-state index in [1.54, 1.807) is 12.2 Å². The van der Waals surface area contributed by atoms with Gasteiger partial charge in [-0.2, -0.15) is 5.90 Å². The van der Waals surface area contributed by atoms with E-state index in [-0.39, 0.29) is 5.41 Å². The van der Waals surface area contributed by atoms with E-state index in [1.165, 1.54) is 0 Å². The van der Waals surface area contributed by atoms with Crippen LogP contribution in [0.15, 0.2) is 55.7 Å². The van der Waals surface area contributed by atoms with Gasteiger partial charge in [0.1, 0.15) is 0 Å². The zero-order valence-electron chi connectivity index (χ0n) is 14.6. The smallest absolute Gasteiger partial charge is 0.158 e. The van der Waals surface area contributed by atoms with Crippen LogP contribution in [-0.4, -0.2) is 0 Å². The number of hydrogen-bond donors (Lipinski definition) is 1. The van der Waals surface area contributed by atoms with E-state index in [4.69, 9.17) is 10.7 Å². The van der Waals surface area contributed by atoms with Crippen LogP contribution in [0.5, 0.6) is 5.75 Å². The summed E-state index contributed by atoms with van der Waals surface area (Å²) in [5, 5.41) is 0. The Morgan fingerprint density at radius 1 is 1.18 bits per heavy atom. The standard InChI is InChI=1S/C18H23NO.C2H6/c1-7-10-15(9-3)18(5,6)16-12-13(4)11-14(8-2)17(16)20-19;1-2/h7-12H,1-3,19H2,4-6H3;1-2H3/b15-10+;. The van der Waals surface area contributed by atoms with Crippen LogP contribution in [0.1, 0.15) is 44.4 Å². The molecule has 0 saturated heterocycles. The highest BCUT2D eigenvalue weighted by Crippen LogP contribution is 2.40. The fraction of sp³-hybridized carbons (Fsp3) is 0.300. The van der Waals surface area contributed by atoms with Crippen molar-refractivity contribution in [2.45, 2.75) is 40.0 Å². The molecule has 0 bridgehead atoms. The fourth-order valence-electron chi connectivity index (χ4n) is 2.36. The molecule has 2 heteroatoms. The second kappa shape index (κ2) is 9.06. The summed E-state index contributed by atoms with van der Waals surface area (Å²) in [5.41, 5.74) is 3.77. The van der Waals surface area contributed by atoms with Gasteiger partial charge in [-0.15, -0.1) is 0 Å². The van der Waals surface area contributed by atoms with Gasteiger partial charge in [0.05, 0.1) is 0 Å². The number of allylic oxidation sites excluding steroid dienone is 4. The van der Waals surface area contributed by atoms with Crippen molar-refractivity contribution in [2.24, 2.45) is 5.90 Å². The number of hydrogen-bond acceptors (Lipinski definition) is 2. The lowest BCUT2D eigenvalue weighted by Gasteiger charge is -2.29. The molecule has 0 spiro atoms. The molecule has 2 N–H and O–H groups in total. The molecule has 0 atom stereocenters. The highest BCUT2D eigenvalue weighted by Gasteiger charge is 2.28. The first-order valence-electron chi connectivity index (χ1n) is 7.52. The SMILES string of the molecule is C=C/C=C(\C=C)C(C)(C)c1cc(C)cc(C=C)c1ON.CC. The minimum Gasteiger partial charge on any atom is -0.411 e. The van der Waals surface area contributed by atoms with Crippen molar-refractivity contribution in [2.75, 3.05) is 0 Å². The quantitative estimate of drug-likeness (QED) is 0.556. The molecule has 0 heterocycles. The third-order valence-corrected chi connectivity index (χ3v) is 3.51. The molecular weight excluding hydrogens is 270 g/mol. The van der Waals surface area contributed by atoms with Gasteiger partial charge in [0.25, 0.3) is 0 Å². The van der Waals surface area contributed by atoms with Crippen molar-refractivity contribution in [1.29, 1.82) is 0 Å². The highest BCUT2D eigenvalue weighted by atomic mass is 16.6. The minimum atomic E-state index is -0.297. The lowest BCUT2D eigenvalue weighted by Crippen LogP contribution is -2.22. The van der Waals surface area contributed by atoms with Crippen LogP contribution >= 0.6 is 0 Å². The predicted octanol–water partition coefficient (Wildman–Crippen LogP) is 5.49. The Bertz CT molecular complexity index is 565. The minimum absolute atomic E-state index is 0.297. The molecule has 22 heavy (non-hydrogen) atoms. The maximum absolute atomic E-state index is 5.48. The maximum Gasteiger partial charge on any atom is 0.158 e. The summed E-state index contributed by atoms with van der Waals surface area (Å²) in [6, 6.07) is 4.08. The second-order valence-corrected chi connectivity index (χ2v) is 5.24. The van der Waals surface area contributed by atoms with Crippen LogP contribution in [0, 0.1) is 6.92 Å². The molecule has 1 rings (SSSR count). The summed E-state index contributed by atoms with van der Waals surface area (Å²) in [6.45, 7) is 21.7. The van der Waals surface area contributed by atoms with E-state index in [0.29, 0.717) is 5.75 Å². The molecule has 0 radical (unpaired) electrons. The summed E-state index contributed by atoms with van der Waals surface area (Å²) in [4.78, 5) is 5.12. The molecule has 0 fully saturated rings. The van der Waals surface area contributed by atoms with Crippen molar-refractivity contribution in [3.63, 3.8) is 0 Å². The highest BCUT2D eigenvalue weighted by molar-refractivity contribution is 5.63. The molecule has 0 amide bonds. The molecule has 2 nitrogen and oxygen atoms in total. The Hall–Kier alpha value is -2.06. The molecule has 0 aliphatic heterocycles. The number of nitrogens with two attached hydrogens (primary N) is 1. The van der Waals surface area contributed by atoms with Gasteiger partial charge in [0.2, 0.25) is 0 Å². The van der Waals surface area contributed by atoms with Gasteiger partial charge < -0.3 is 4.84 Å². The molecule has 1 aromatic rings. The Kier molecular flexibility index (Phi) is 8.21. The third kappa shape index (κ3) is 4.22. The molecule has 0 aliphatic carbocycles. The monoisotopic (exact) mass is 299 g/mol. The van der Waals surface area contributed by atoms with Crippen molar-refractivity contribution in [3.8, 4) is 5.75 Å². The summed E-state index contributed by atoms with van der Waals surface area (Å²) < 4.78 is 0. The van der Waals surface area contributed by atoms with E-state index in [2.05, 4.69) is 39.7 Å². The van der Waals surface area contributed by atoms with E-state index in [0.717, 1.165) is 22.3 Å². The van der Waals surface area contributed by atoms with Gasteiger partial charge in [-0.1, -0.05) is 77.8 Å². The first-order chi connectivity index (χ1) is 10.4. The average Bonchev–Trinajstić information content (AvgIpc) is 2.53. The molecular formula is C20H29NO. The molecule has 1 aromatic carbocycles. The average molecular weight is 299 g/mol. The second-order valence-electron chi connectivity index (χ2n) is 5.24. The first-order valence-corrected chi connectivity index (χ1v) is 7.52. The van der Waals surface area contributed by atoms with Gasteiger partial charge in [0.15, 0.2) is 5.75 Å². The van der Waals surface area contributed by atoms with E-state index < -0.39 is 0 Å². The zero-order valence-corrected chi connectivity index (χ0v) is 14.6. The van der Waals surface area contributed by atoms with Crippen molar-refractivity contribution in [3.05, 3.63) is 72.4 Å². The number of rotatable bonds is 6. The normalized spacial score (nSPS) is 11.1. The lowest BCUT2D eigenvalue weighted by molar-refractivity contribution is 0.325. The van der Waals surface area contributed by atoms with Gasteiger partial charge in [-0.25, -0.2) is 0 Å². The van der Waals surface area contributed by atoms with Gasteiger partial charge >= 0.3 is 0 Å². The molecule has 0 aromatic heterocycles. The Morgan fingerprint density at radius 2 is 1.77 bits per heavy atom. The van der Waals surface area contributed by atoms with Crippen LogP contribution in [0.25, 0.3) is 6.08 Å². The van der Waals surface area contributed by atoms with Gasteiger partial charge in [-0.05, 0) is 24.1 Å². The van der Waals surface area contributed by atoms with Gasteiger partial charge in [-0.3, -0.25) is 0 Å². The van der Waals surface area contributed by atoms with Crippen molar-refractivity contribution < 1.29 is 4.84 Å². The predicted molar refractivity (Wildman–Crippen MR) is 98.9 cm³/mol. The van der Waals surface area contributed by atoms with Crippen molar-refractivity contribution >= 4 is 6.08 Å². The third-order valence-electron chi connectivity index (χ3n) is 3.51. The fourth-order valence-corrected chi connectivity index (χ4v) is 2.36. The summed E-state index contributed by atoms with van der Waals surface area (Å²) in [6.07, 6.45) is 7.28. The van der Waals surface area contributed by atoms with Crippen LogP contribution < -0.4 is 10.7 Å². The molecule has 0 unspecified atom stereocenters. The largest absolute Gasteiger partial charge is 0.411 e. The Morgan fingerprint density at radius 3 is 2.18 bits per heavy atom. The number of aryl methyl sites for hydroxylation is 1. The van der Waals surface area contributed by atoms with Crippen LogP contribution in [0.4, 0.5) is 0 Å². The maximum atomic E-state index is 5.48. The van der Waals surface area contributed by atoms with Gasteiger partial charge in [0, 0.05) is 16.5 Å². The van der Waals surface area contributed by atoms with Crippen LogP contribution in [0.2, 0.25) is 0 Å². The Balaban J connectivity index is 0.00000211. The van der Waals surface area contributed by atoms with Crippen molar-refractivity contribution in [1.82, 2.24) is 0 Å². The van der Waals surface area contributed by atoms with E-state index in [9.17, 15) is 0 Å². The molecule has 0 saturated carbocycles. The number of benzene rings is 1. The summed E-state index contributed by atoms with van der Waals surface area (Å²) in [5.74, 6) is 6.12. The molecule has 0 aliphatic rings. The molecule has 120 valence electrons. The lowest BCUT2D eigenvalue weighted by atomic mass is 9.75. The van der Waals surface area contributed by atoms with E-state index >= 15 is 0 Å². The van der Waals surface area contributed by atoms with Crippen LogP contribution in [-0.2, 0) is 5.41 Å². The Labute approximate surface area is 135 Å². The van der Waals surface area contributed by atoms with E-state index in [1.807, 2.05) is 39.0 Å². The first kappa shape index (κ1) is 19.9. The summed E-state index contributed by atoms with van der Waals surface area (Å²) >= 11 is 0. The van der Waals surface area contributed by atoms with Crippen LogP contribution in [0.3, 0.4) is 0 Å². The summed E-state index contributed by atoms with van der Waals surface area (Å²) in [7, 11) is 0. The zero-order chi connectivity index (χ0) is 17.3. The topological polar surface area (TPSA) is 35.2 Å².